The summed E-state index contributed by atoms with van der Waals surface area (Å²) >= 11 is -0.376. The first-order chi connectivity index (χ1) is 12.5. The molecule has 0 amide bonds. The van der Waals surface area contributed by atoms with Crippen molar-refractivity contribution in [2.24, 2.45) is 0 Å². The molecule has 0 heterocycles. The van der Waals surface area contributed by atoms with Crippen molar-refractivity contribution in [1.82, 2.24) is 0 Å². The third kappa shape index (κ3) is 32.2. The molecule has 0 aromatic heterocycles. The van der Waals surface area contributed by atoms with E-state index in [-0.39, 0.29) is 44.2 Å². The first-order valence-electron chi connectivity index (χ1n) is 11.0. The van der Waals surface area contributed by atoms with Gasteiger partial charge in [-0.2, -0.15) is 0 Å². The Morgan fingerprint density at radius 1 is 0.577 bits per heavy atom. The number of carboxylic acids is 2. The van der Waals surface area contributed by atoms with Gasteiger partial charge in [0.25, 0.3) is 0 Å². The summed E-state index contributed by atoms with van der Waals surface area (Å²) in [6, 6.07) is 0. The number of aliphatic carboxylic acids is 2. The Bertz CT molecular complexity index is 280. The maximum absolute atomic E-state index is 9.43. The molecular formula is C21H42BaO4. The van der Waals surface area contributed by atoms with Crippen LogP contribution in [0.25, 0.3) is 0 Å². The summed E-state index contributed by atoms with van der Waals surface area (Å²) in [5.74, 6) is -2.62. The Hall–Kier alpha value is 0.511. The van der Waals surface area contributed by atoms with Gasteiger partial charge in [0.1, 0.15) is 6.42 Å². The van der Waals surface area contributed by atoms with Gasteiger partial charge in [0.05, 0.1) is 0 Å². The molecule has 0 aliphatic carbocycles. The molecule has 0 rings (SSSR count). The molecule has 0 aliphatic rings. The van der Waals surface area contributed by atoms with Gasteiger partial charge >= 0.3 is 162 Å². The number of carbonyl (C=O) groups is 2. The summed E-state index contributed by atoms with van der Waals surface area (Å²) in [4.78, 5) is 18.9. The van der Waals surface area contributed by atoms with Crippen molar-refractivity contribution in [3.63, 3.8) is 0 Å². The zero-order chi connectivity index (χ0) is 19.9. The van der Waals surface area contributed by atoms with Gasteiger partial charge in [0, 0.05) is 0 Å². The van der Waals surface area contributed by atoms with Crippen LogP contribution in [0.5, 0.6) is 0 Å². The zero-order valence-electron chi connectivity index (χ0n) is 17.4. The molecule has 0 radical (unpaired) electrons. The van der Waals surface area contributed by atoms with Gasteiger partial charge in [0.2, 0.25) is 0 Å². The fraction of sp³-hybridized carbons (Fsp3) is 0.905. The average Bonchev–Trinajstić information content (AvgIpc) is 2.58. The van der Waals surface area contributed by atoms with E-state index in [1.54, 1.807) is 27.5 Å². The van der Waals surface area contributed by atoms with Crippen LogP contribution in [0.2, 0.25) is 1.78 Å². The van der Waals surface area contributed by atoms with Crippen LogP contribution in [0.3, 0.4) is 0 Å². The van der Waals surface area contributed by atoms with Crippen LogP contribution in [-0.2, 0) is 9.59 Å². The minimum absolute atomic E-state index is 0.376. The normalized spacial score (nSPS) is 9.92. The number of carboxylic acid groups (broad SMARTS) is 2. The van der Waals surface area contributed by atoms with E-state index in [2.05, 4.69) is 13.8 Å². The summed E-state index contributed by atoms with van der Waals surface area (Å²) in [5, 5.41) is 15.4. The summed E-state index contributed by atoms with van der Waals surface area (Å²) < 4.78 is 3.42. The monoisotopic (exact) mass is 496 g/mol. The fourth-order valence-corrected chi connectivity index (χ4v) is 8.48. The van der Waals surface area contributed by atoms with Crippen molar-refractivity contribution in [2.75, 3.05) is 0 Å². The minimum atomic E-state index is -1.31. The van der Waals surface area contributed by atoms with Crippen molar-refractivity contribution < 1.29 is 19.8 Å². The second-order valence-corrected chi connectivity index (χ2v) is 13.9. The van der Waals surface area contributed by atoms with Gasteiger partial charge < -0.3 is 10.2 Å². The van der Waals surface area contributed by atoms with E-state index in [1.165, 1.54) is 64.2 Å². The molecule has 0 spiro atoms. The minimum Gasteiger partial charge on any atom is -0.481 e. The Labute approximate surface area is 186 Å². The molecule has 0 saturated carbocycles. The molecule has 2 N–H and O–H groups in total. The van der Waals surface area contributed by atoms with E-state index in [0.717, 1.165) is 0 Å². The van der Waals surface area contributed by atoms with Gasteiger partial charge in [-0.05, 0) is 0 Å². The quantitative estimate of drug-likeness (QED) is 0.128. The maximum atomic E-state index is 9.43. The Morgan fingerprint density at radius 3 is 1.15 bits per heavy atom. The van der Waals surface area contributed by atoms with Crippen LogP contribution in [-0.4, -0.2) is 66.3 Å². The smallest absolute Gasteiger partial charge is 0.314 e. The number of hydrogen-bond donors (Lipinski definition) is 2. The molecule has 0 fully saturated rings. The van der Waals surface area contributed by atoms with Crippen LogP contribution >= 0.6 is 0 Å². The molecule has 0 aromatic rings. The molecular weight excluding hydrogens is 454 g/mol. The van der Waals surface area contributed by atoms with Crippen molar-refractivity contribution in [3.8, 4) is 0 Å². The maximum Gasteiger partial charge on any atom is 0.314 e. The number of rotatable bonds is 18. The van der Waals surface area contributed by atoms with Crippen LogP contribution in [0.1, 0.15) is 110 Å². The molecule has 0 aliphatic heterocycles. The SMILES string of the molecule is CCCCCCCC[CH2][Ba][CH2]CCCCCCCC.O=C(O)CC(=O)O. The third-order valence-corrected chi connectivity index (χ3v) is 10.8. The van der Waals surface area contributed by atoms with Crippen LogP contribution in [0.4, 0.5) is 0 Å². The molecule has 152 valence electrons. The molecule has 4 nitrogen and oxygen atoms in total. The van der Waals surface area contributed by atoms with Gasteiger partial charge in [0.15, 0.2) is 0 Å². The zero-order valence-corrected chi connectivity index (χ0v) is 21.9. The van der Waals surface area contributed by atoms with E-state index >= 15 is 0 Å². The molecule has 0 aromatic carbocycles. The predicted octanol–water partition coefficient (Wildman–Crippen LogP) is 6.57. The fourth-order valence-electron chi connectivity index (χ4n) is 2.93. The second kappa shape index (κ2) is 25.5. The topological polar surface area (TPSA) is 74.6 Å². The molecule has 0 saturated heterocycles. The Morgan fingerprint density at radius 2 is 0.885 bits per heavy atom. The first-order valence-corrected chi connectivity index (χ1v) is 17.3. The van der Waals surface area contributed by atoms with E-state index in [9.17, 15) is 9.59 Å². The van der Waals surface area contributed by atoms with Crippen molar-refractivity contribution >= 4 is 56.1 Å². The van der Waals surface area contributed by atoms with Crippen LogP contribution in [0.15, 0.2) is 0 Å². The summed E-state index contributed by atoms with van der Waals surface area (Å²) in [6.07, 6.45) is 20.1. The number of unbranched alkanes of at least 4 members (excludes halogenated alkanes) is 12. The van der Waals surface area contributed by atoms with E-state index in [4.69, 9.17) is 10.2 Å². The molecule has 0 unspecified atom stereocenters. The van der Waals surface area contributed by atoms with E-state index in [1.807, 2.05) is 0 Å². The summed E-state index contributed by atoms with van der Waals surface area (Å²) in [5.41, 5.74) is 0. The molecule has 26 heavy (non-hydrogen) atoms. The van der Waals surface area contributed by atoms with Gasteiger partial charge in [-0.3, -0.25) is 9.59 Å². The van der Waals surface area contributed by atoms with Gasteiger partial charge in [-0.25, -0.2) is 0 Å². The standard InChI is InChI=1S/2C9H19.C3H4O4.Ba/c2*1-3-5-7-9-8-6-4-2;4-2(5)1-3(6)7;/h2*1,3-9H2,2H3;1H2,(H,4,5)(H,6,7);. The van der Waals surface area contributed by atoms with Gasteiger partial charge in [-0.15, -0.1) is 0 Å². The third-order valence-electron chi connectivity index (χ3n) is 4.51. The van der Waals surface area contributed by atoms with Crippen molar-refractivity contribution in [1.29, 1.82) is 0 Å². The number of hydrogen-bond acceptors (Lipinski definition) is 2. The Balaban J connectivity index is 0. The van der Waals surface area contributed by atoms with E-state index < -0.39 is 18.4 Å². The predicted molar refractivity (Wildman–Crippen MR) is 111 cm³/mol. The summed E-state index contributed by atoms with van der Waals surface area (Å²) in [7, 11) is 0. The largest absolute Gasteiger partial charge is 0.481 e. The van der Waals surface area contributed by atoms with Crippen LogP contribution < -0.4 is 0 Å². The van der Waals surface area contributed by atoms with Crippen LogP contribution in [0, 0.1) is 0 Å². The Kier molecular flexibility index (Phi) is 28.2. The first kappa shape index (κ1) is 28.7. The van der Waals surface area contributed by atoms with Crippen molar-refractivity contribution in [3.05, 3.63) is 0 Å². The molecule has 0 bridgehead atoms. The molecule has 5 heteroatoms. The second-order valence-electron chi connectivity index (χ2n) is 7.27. The molecule has 0 atom stereocenters. The van der Waals surface area contributed by atoms with Gasteiger partial charge in [-0.1, -0.05) is 0 Å². The van der Waals surface area contributed by atoms with Crippen molar-refractivity contribution in [2.45, 2.75) is 112 Å². The van der Waals surface area contributed by atoms with E-state index in [0.29, 0.717) is 0 Å². The summed E-state index contributed by atoms with van der Waals surface area (Å²) in [6.45, 7) is 4.61. The average molecular weight is 496 g/mol.